The Morgan fingerprint density at radius 3 is 2.39 bits per heavy atom. The van der Waals surface area contributed by atoms with Crippen LogP contribution in [0.25, 0.3) is 11.3 Å². The zero-order valence-electron chi connectivity index (χ0n) is 15.2. The van der Waals surface area contributed by atoms with Gasteiger partial charge in [0.1, 0.15) is 6.54 Å². The molecule has 1 N–H and O–H groups in total. The van der Waals surface area contributed by atoms with Gasteiger partial charge in [-0.2, -0.15) is 5.10 Å². The summed E-state index contributed by atoms with van der Waals surface area (Å²) in [6, 6.07) is 16.4. The van der Waals surface area contributed by atoms with Crippen LogP contribution >= 0.6 is 0 Å². The fourth-order valence-corrected chi connectivity index (χ4v) is 2.57. The lowest BCUT2D eigenvalue weighted by Crippen LogP contribution is -2.33. The molecule has 0 bridgehead atoms. The van der Waals surface area contributed by atoms with Gasteiger partial charge in [-0.1, -0.05) is 29.8 Å². The minimum atomic E-state index is -0.490. The number of nitrogens with one attached hydrogen (secondary N) is 1. The molecular weight excluding hydrogens is 360 g/mol. The Labute approximate surface area is 160 Å². The van der Waals surface area contributed by atoms with Crippen molar-refractivity contribution in [3.8, 4) is 11.3 Å². The van der Waals surface area contributed by atoms with Crippen LogP contribution in [-0.2, 0) is 17.9 Å². The van der Waals surface area contributed by atoms with Crippen LogP contribution in [0.4, 0.5) is 5.69 Å². The normalized spacial score (nSPS) is 10.5. The van der Waals surface area contributed by atoms with Gasteiger partial charge >= 0.3 is 0 Å². The third kappa shape index (κ3) is 4.67. The van der Waals surface area contributed by atoms with E-state index in [0.717, 1.165) is 15.8 Å². The molecule has 0 aliphatic carbocycles. The molecule has 0 aliphatic heterocycles. The van der Waals surface area contributed by atoms with Crippen molar-refractivity contribution >= 4 is 11.6 Å². The molecule has 0 unspecified atom stereocenters. The topological polar surface area (TPSA) is 107 Å². The zero-order chi connectivity index (χ0) is 20.1. The van der Waals surface area contributed by atoms with Gasteiger partial charge in [-0.05, 0) is 30.7 Å². The maximum absolute atomic E-state index is 12.2. The van der Waals surface area contributed by atoms with Crippen LogP contribution in [0.5, 0.6) is 0 Å². The van der Waals surface area contributed by atoms with Gasteiger partial charge in [0.05, 0.1) is 10.6 Å². The predicted octanol–water partition coefficient (Wildman–Crippen LogP) is 2.44. The number of aryl methyl sites for hydroxylation is 1. The number of carbonyl (C=O) groups excluding carboxylic acids is 1. The number of benzene rings is 2. The highest BCUT2D eigenvalue weighted by atomic mass is 16.6. The Morgan fingerprint density at radius 1 is 1.07 bits per heavy atom. The third-order valence-corrected chi connectivity index (χ3v) is 4.14. The van der Waals surface area contributed by atoms with E-state index in [-0.39, 0.29) is 18.1 Å². The van der Waals surface area contributed by atoms with E-state index in [1.807, 2.05) is 31.2 Å². The minimum absolute atomic E-state index is 0.0347. The zero-order valence-corrected chi connectivity index (χ0v) is 15.2. The van der Waals surface area contributed by atoms with E-state index in [1.165, 1.54) is 24.3 Å². The number of nitro benzene ring substituents is 1. The van der Waals surface area contributed by atoms with E-state index < -0.39 is 10.5 Å². The van der Waals surface area contributed by atoms with Crippen LogP contribution in [-0.4, -0.2) is 20.6 Å². The molecule has 1 heterocycles. The largest absolute Gasteiger partial charge is 0.350 e. The lowest BCUT2D eigenvalue weighted by molar-refractivity contribution is -0.384. The second-order valence-electron chi connectivity index (χ2n) is 6.28. The highest BCUT2D eigenvalue weighted by Crippen LogP contribution is 2.19. The Morgan fingerprint density at radius 2 is 1.75 bits per heavy atom. The van der Waals surface area contributed by atoms with Gasteiger partial charge in [0.25, 0.3) is 11.2 Å². The molecule has 0 saturated carbocycles. The first kappa shape index (κ1) is 19.0. The van der Waals surface area contributed by atoms with E-state index in [9.17, 15) is 19.7 Å². The summed E-state index contributed by atoms with van der Waals surface area (Å²) in [5, 5.41) is 17.7. The summed E-state index contributed by atoms with van der Waals surface area (Å²) >= 11 is 0. The van der Waals surface area contributed by atoms with Crippen molar-refractivity contribution in [2.24, 2.45) is 0 Å². The summed E-state index contributed by atoms with van der Waals surface area (Å²) in [6.45, 7) is 2.12. The quantitative estimate of drug-likeness (QED) is 0.524. The van der Waals surface area contributed by atoms with Crippen LogP contribution in [0, 0.1) is 17.0 Å². The molecule has 28 heavy (non-hydrogen) atoms. The summed E-state index contributed by atoms with van der Waals surface area (Å²) in [7, 11) is 0. The lowest BCUT2D eigenvalue weighted by Gasteiger charge is -2.08. The van der Waals surface area contributed by atoms with Crippen molar-refractivity contribution in [1.29, 1.82) is 0 Å². The summed E-state index contributed by atoms with van der Waals surface area (Å²) in [4.78, 5) is 34.5. The maximum Gasteiger partial charge on any atom is 0.269 e. The molecule has 0 radical (unpaired) electrons. The van der Waals surface area contributed by atoms with Gasteiger partial charge in [-0.15, -0.1) is 0 Å². The molecule has 2 aromatic carbocycles. The van der Waals surface area contributed by atoms with E-state index in [0.29, 0.717) is 17.8 Å². The average Bonchev–Trinajstić information content (AvgIpc) is 2.69. The summed E-state index contributed by atoms with van der Waals surface area (Å²) < 4.78 is 1.07. The second kappa shape index (κ2) is 8.26. The highest BCUT2D eigenvalue weighted by Gasteiger charge is 2.10. The Kier molecular flexibility index (Phi) is 5.59. The number of nitrogens with zero attached hydrogens (tertiary/aromatic N) is 3. The summed E-state index contributed by atoms with van der Waals surface area (Å²) in [5.41, 5.74) is 2.71. The fraction of sp³-hybridized carbons (Fsp3) is 0.150. The van der Waals surface area contributed by atoms with Crippen molar-refractivity contribution in [2.45, 2.75) is 20.0 Å². The molecule has 8 heteroatoms. The fourth-order valence-electron chi connectivity index (χ4n) is 2.57. The number of aromatic nitrogens is 2. The number of nitro groups is 1. The smallest absolute Gasteiger partial charge is 0.269 e. The molecule has 0 saturated heterocycles. The summed E-state index contributed by atoms with van der Waals surface area (Å²) in [5.74, 6) is -0.337. The van der Waals surface area contributed by atoms with Gasteiger partial charge in [-0.3, -0.25) is 19.7 Å². The first-order chi connectivity index (χ1) is 13.4. The van der Waals surface area contributed by atoms with Gasteiger partial charge in [0.2, 0.25) is 5.91 Å². The SMILES string of the molecule is Cc1ccc(CNC(=O)Cn2nc(-c3ccc([N+](=O)[O-])cc3)ccc2=O)cc1. The van der Waals surface area contributed by atoms with Gasteiger partial charge < -0.3 is 5.32 Å². The molecule has 0 aliphatic rings. The van der Waals surface area contributed by atoms with Crippen molar-refractivity contribution < 1.29 is 9.72 Å². The number of hydrogen-bond donors (Lipinski definition) is 1. The molecule has 0 spiro atoms. The molecule has 1 aromatic heterocycles. The van der Waals surface area contributed by atoms with Crippen molar-refractivity contribution in [3.05, 3.63) is 92.3 Å². The number of amides is 1. The van der Waals surface area contributed by atoms with E-state index >= 15 is 0 Å². The Hall–Kier alpha value is -3.81. The van der Waals surface area contributed by atoms with Crippen molar-refractivity contribution in [1.82, 2.24) is 15.1 Å². The Bertz CT molecular complexity index is 1060. The molecule has 142 valence electrons. The third-order valence-electron chi connectivity index (χ3n) is 4.14. The molecule has 1 amide bonds. The first-order valence-electron chi connectivity index (χ1n) is 8.57. The molecule has 0 fully saturated rings. The number of carbonyl (C=O) groups is 1. The lowest BCUT2D eigenvalue weighted by atomic mass is 10.1. The minimum Gasteiger partial charge on any atom is -0.350 e. The number of hydrogen-bond acceptors (Lipinski definition) is 5. The van der Waals surface area contributed by atoms with E-state index in [4.69, 9.17) is 0 Å². The molecule has 8 nitrogen and oxygen atoms in total. The average molecular weight is 378 g/mol. The molecule has 0 atom stereocenters. The van der Waals surface area contributed by atoms with Gasteiger partial charge in [0, 0.05) is 30.3 Å². The highest BCUT2D eigenvalue weighted by molar-refractivity contribution is 5.75. The first-order valence-corrected chi connectivity index (χ1v) is 8.57. The van der Waals surface area contributed by atoms with Crippen LogP contribution in [0.1, 0.15) is 11.1 Å². The van der Waals surface area contributed by atoms with Crippen LogP contribution in [0.2, 0.25) is 0 Å². The Balaban J connectivity index is 1.70. The molecule has 3 aromatic rings. The number of non-ortho nitro benzene ring substituents is 1. The maximum atomic E-state index is 12.2. The van der Waals surface area contributed by atoms with Crippen molar-refractivity contribution in [2.75, 3.05) is 0 Å². The summed E-state index contributed by atoms with van der Waals surface area (Å²) in [6.07, 6.45) is 0. The monoisotopic (exact) mass is 378 g/mol. The second-order valence-corrected chi connectivity index (χ2v) is 6.28. The van der Waals surface area contributed by atoms with E-state index in [1.54, 1.807) is 12.1 Å². The van der Waals surface area contributed by atoms with Crippen LogP contribution in [0.15, 0.2) is 65.5 Å². The van der Waals surface area contributed by atoms with Gasteiger partial charge in [-0.25, -0.2) is 4.68 Å². The standard InChI is InChI=1S/C20H18N4O4/c1-14-2-4-15(5-3-14)12-21-19(25)13-23-20(26)11-10-18(22-23)16-6-8-17(9-7-16)24(27)28/h2-11H,12-13H2,1H3,(H,21,25). The predicted molar refractivity (Wildman–Crippen MR) is 104 cm³/mol. The molecule has 3 rings (SSSR count). The van der Waals surface area contributed by atoms with Gasteiger partial charge in [0.15, 0.2) is 0 Å². The van der Waals surface area contributed by atoms with Crippen LogP contribution in [0.3, 0.4) is 0 Å². The van der Waals surface area contributed by atoms with E-state index in [2.05, 4.69) is 10.4 Å². The molecular formula is C20H18N4O4. The number of rotatable bonds is 6. The van der Waals surface area contributed by atoms with Crippen LogP contribution < -0.4 is 10.9 Å². The van der Waals surface area contributed by atoms with Crippen molar-refractivity contribution in [3.63, 3.8) is 0 Å².